The predicted molar refractivity (Wildman–Crippen MR) is 77.0 cm³/mol. The third-order valence-electron chi connectivity index (χ3n) is 4.00. The van der Waals surface area contributed by atoms with Crippen molar-refractivity contribution in [2.75, 3.05) is 12.0 Å². The number of hydrogen-bond acceptors (Lipinski definition) is 4. The topological polar surface area (TPSA) is 75.7 Å². The van der Waals surface area contributed by atoms with Crippen LogP contribution in [0.3, 0.4) is 0 Å². The van der Waals surface area contributed by atoms with Crippen LogP contribution in [0, 0.1) is 5.41 Å². The Morgan fingerprint density at radius 3 is 2.33 bits per heavy atom. The molecule has 0 bridgehead atoms. The molecule has 112 valence electrons. The van der Waals surface area contributed by atoms with Gasteiger partial charge in [0.05, 0.1) is 12.8 Å². The van der Waals surface area contributed by atoms with E-state index in [0.29, 0.717) is 24.3 Å². The number of urea groups is 1. The summed E-state index contributed by atoms with van der Waals surface area (Å²) in [5.74, 6) is -0.643. The van der Waals surface area contributed by atoms with Crippen LogP contribution >= 0.6 is 0 Å². The average molecular weight is 290 g/mol. The molecule has 1 saturated heterocycles. The first-order valence-corrected chi connectivity index (χ1v) is 6.84. The number of carbonyl (C=O) groups excluding carboxylic acids is 3. The molecule has 0 aromatic heterocycles. The summed E-state index contributed by atoms with van der Waals surface area (Å²) in [6.07, 6.45) is 0.653. The Kier molecular flexibility index (Phi) is 3.97. The summed E-state index contributed by atoms with van der Waals surface area (Å²) >= 11 is 0. The molecule has 21 heavy (non-hydrogen) atoms. The molecule has 4 amide bonds. The van der Waals surface area contributed by atoms with Gasteiger partial charge in [-0.3, -0.25) is 14.9 Å². The Morgan fingerprint density at radius 2 is 1.76 bits per heavy atom. The molecule has 2 rings (SSSR count). The van der Waals surface area contributed by atoms with Gasteiger partial charge in [-0.15, -0.1) is 0 Å². The number of hydrogen-bond donors (Lipinski definition) is 1. The zero-order valence-electron chi connectivity index (χ0n) is 12.3. The Hall–Kier alpha value is -2.37. The van der Waals surface area contributed by atoms with E-state index in [-0.39, 0.29) is 0 Å². The monoisotopic (exact) mass is 290 g/mol. The van der Waals surface area contributed by atoms with E-state index in [1.54, 1.807) is 38.1 Å². The second kappa shape index (κ2) is 5.55. The number of benzene rings is 1. The minimum atomic E-state index is -1.21. The third-order valence-corrected chi connectivity index (χ3v) is 4.00. The van der Waals surface area contributed by atoms with Gasteiger partial charge in [-0.25, -0.2) is 9.69 Å². The largest absolute Gasteiger partial charge is 0.495 e. The van der Waals surface area contributed by atoms with Crippen LogP contribution in [0.4, 0.5) is 10.5 Å². The molecular weight excluding hydrogens is 272 g/mol. The number of ether oxygens (including phenoxy) is 1. The lowest BCUT2D eigenvalue weighted by Gasteiger charge is -2.38. The number of nitrogens with zero attached hydrogens (tertiary/aromatic N) is 1. The number of rotatable bonds is 4. The molecule has 0 saturated carbocycles. The summed E-state index contributed by atoms with van der Waals surface area (Å²) in [5, 5.41) is 2.27. The fourth-order valence-electron chi connectivity index (χ4n) is 2.58. The van der Waals surface area contributed by atoms with Crippen LogP contribution < -0.4 is 15.0 Å². The number of carbonyl (C=O) groups is 3. The molecule has 0 spiro atoms. The molecule has 1 aliphatic rings. The molecule has 6 heteroatoms. The van der Waals surface area contributed by atoms with E-state index >= 15 is 0 Å². The summed E-state index contributed by atoms with van der Waals surface area (Å²) < 4.78 is 5.20. The fourth-order valence-corrected chi connectivity index (χ4v) is 2.58. The van der Waals surface area contributed by atoms with Gasteiger partial charge < -0.3 is 4.74 Å². The number of amides is 4. The van der Waals surface area contributed by atoms with Gasteiger partial charge in [-0.2, -0.15) is 0 Å². The lowest BCUT2D eigenvalue weighted by molar-refractivity contribution is -0.143. The lowest BCUT2D eigenvalue weighted by atomic mass is 9.78. The molecule has 1 aliphatic heterocycles. The second-order valence-electron chi connectivity index (χ2n) is 4.86. The van der Waals surface area contributed by atoms with Crippen molar-refractivity contribution in [1.29, 1.82) is 0 Å². The third kappa shape index (κ3) is 2.16. The van der Waals surface area contributed by atoms with Crippen LogP contribution in [0.1, 0.15) is 26.7 Å². The highest BCUT2D eigenvalue weighted by Gasteiger charge is 2.52. The number of anilines is 1. The quantitative estimate of drug-likeness (QED) is 0.861. The molecule has 0 unspecified atom stereocenters. The summed E-state index contributed by atoms with van der Waals surface area (Å²) in [6, 6.07) is 5.97. The van der Waals surface area contributed by atoms with E-state index in [1.165, 1.54) is 7.11 Å². The molecule has 1 aromatic carbocycles. The van der Waals surface area contributed by atoms with Crippen LogP contribution in [0.5, 0.6) is 5.75 Å². The average Bonchev–Trinajstić information content (AvgIpc) is 2.49. The highest BCUT2D eigenvalue weighted by Crippen LogP contribution is 2.37. The van der Waals surface area contributed by atoms with Crippen molar-refractivity contribution in [2.24, 2.45) is 5.41 Å². The molecule has 1 heterocycles. The molecule has 0 atom stereocenters. The Bertz CT molecular complexity index is 593. The number of barbiturate groups is 1. The van der Waals surface area contributed by atoms with Gasteiger partial charge in [0.2, 0.25) is 5.91 Å². The zero-order chi connectivity index (χ0) is 15.6. The van der Waals surface area contributed by atoms with Gasteiger partial charge >= 0.3 is 6.03 Å². The predicted octanol–water partition coefficient (Wildman–Crippen LogP) is 2.08. The summed E-state index contributed by atoms with van der Waals surface area (Å²) in [7, 11) is 1.46. The van der Waals surface area contributed by atoms with Crippen LogP contribution in [-0.4, -0.2) is 25.0 Å². The van der Waals surface area contributed by atoms with Gasteiger partial charge in [0.15, 0.2) is 0 Å². The molecule has 6 nitrogen and oxygen atoms in total. The van der Waals surface area contributed by atoms with Crippen molar-refractivity contribution >= 4 is 23.5 Å². The highest BCUT2D eigenvalue weighted by molar-refractivity contribution is 6.30. The van der Waals surface area contributed by atoms with Gasteiger partial charge in [-0.1, -0.05) is 26.0 Å². The standard InChI is InChI=1S/C15H18N2O4/c1-4-15(5-2)12(18)16-14(20)17(13(15)19)10-8-6-7-9-11(10)21-3/h6-9H,4-5H2,1-3H3,(H,16,18,20). The van der Waals surface area contributed by atoms with E-state index in [0.717, 1.165) is 4.90 Å². The number of imide groups is 2. The molecule has 1 N–H and O–H groups in total. The van der Waals surface area contributed by atoms with E-state index in [4.69, 9.17) is 4.74 Å². The van der Waals surface area contributed by atoms with E-state index in [2.05, 4.69) is 5.32 Å². The van der Waals surface area contributed by atoms with Crippen molar-refractivity contribution in [1.82, 2.24) is 5.32 Å². The van der Waals surface area contributed by atoms with Crippen LogP contribution in [-0.2, 0) is 9.59 Å². The van der Waals surface area contributed by atoms with Crippen molar-refractivity contribution < 1.29 is 19.1 Å². The van der Waals surface area contributed by atoms with Crippen molar-refractivity contribution in [3.63, 3.8) is 0 Å². The van der Waals surface area contributed by atoms with Gasteiger partial charge in [0, 0.05) is 0 Å². The first kappa shape index (κ1) is 15.0. The summed E-state index contributed by atoms with van der Waals surface area (Å²) in [5.41, 5.74) is -0.879. The number of para-hydroxylation sites is 2. The van der Waals surface area contributed by atoms with Crippen LogP contribution in [0.25, 0.3) is 0 Å². The maximum atomic E-state index is 12.8. The lowest BCUT2D eigenvalue weighted by Crippen LogP contribution is -2.64. The van der Waals surface area contributed by atoms with E-state index in [9.17, 15) is 14.4 Å². The minimum absolute atomic E-state index is 0.326. The molecule has 0 aliphatic carbocycles. The first-order valence-electron chi connectivity index (χ1n) is 6.84. The molecule has 1 aromatic rings. The molecule has 0 radical (unpaired) electrons. The number of methoxy groups -OCH3 is 1. The smallest absolute Gasteiger partial charge is 0.335 e. The number of nitrogens with one attached hydrogen (secondary N) is 1. The zero-order valence-corrected chi connectivity index (χ0v) is 12.3. The van der Waals surface area contributed by atoms with Crippen molar-refractivity contribution in [2.45, 2.75) is 26.7 Å². The van der Waals surface area contributed by atoms with Crippen molar-refractivity contribution in [3.05, 3.63) is 24.3 Å². The highest BCUT2D eigenvalue weighted by atomic mass is 16.5. The second-order valence-corrected chi connectivity index (χ2v) is 4.86. The van der Waals surface area contributed by atoms with Crippen LogP contribution in [0.2, 0.25) is 0 Å². The molecule has 1 fully saturated rings. The fraction of sp³-hybridized carbons (Fsp3) is 0.400. The Balaban J connectivity index is 2.55. The summed E-state index contributed by atoms with van der Waals surface area (Å²) in [4.78, 5) is 38.0. The SMILES string of the molecule is CCC1(CC)C(=O)NC(=O)N(c2ccccc2OC)C1=O. The van der Waals surface area contributed by atoms with Crippen molar-refractivity contribution in [3.8, 4) is 5.75 Å². The summed E-state index contributed by atoms with van der Waals surface area (Å²) in [6.45, 7) is 3.52. The van der Waals surface area contributed by atoms with E-state index in [1.807, 2.05) is 0 Å². The maximum Gasteiger partial charge on any atom is 0.335 e. The molecular formula is C15H18N2O4. The van der Waals surface area contributed by atoms with Gasteiger partial charge in [0.25, 0.3) is 5.91 Å². The maximum absolute atomic E-state index is 12.8. The normalized spacial score (nSPS) is 17.7. The minimum Gasteiger partial charge on any atom is -0.495 e. The van der Waals surface area contributed by atoms with Gasteiger partial charge in [-0.05, 0) is 25.0 Å². The van der Waals surface area contributed by atoms with E-state index < -0.39 is 23.3 Å². The van der Waals surface area contributed by atoms with Gasteiger partial charge in [0.1, 0.15) is 11.2 Å². The Labute approximate surface area is 123 Å². The Morgan fingerprint density at radius 1 is 1.14 bits per heavy atom. The van der Waals surface area contributed by atoms with Crippen LogP contribution in [0.15, 0.2) is 24.3 Å². The first-order chi connectivity index (χ1) is 10.0.